The van der Waals surface area contributed by atoms with Crippen LogP contribution < -0.4 is 5.32 Å². The summed E-state index contributed by atoms with van der Waals surface area (Å²) in [6.45, 7) is 4.38. The summed E-state index contributed by atoms with van der Waals surface area (Å²) in [5, 5.41) is 12.2. The summed E-state index contributed by atoms with van der Waals surface area (Å²) in [4.78, 5) is 23.2. The third-order valence-electron chi connectivity index (χ3n) is 4.37. The number of carboxylic acids is 1. The Morgan fingerprint density at radius 3 is 2.22 bits per heavy atom. The van der Waals surface area contributed by atoms with Crippen LogP contribution in [0.1, 0.15) is 58.8 Å². The predicted octanol–water partition coefficient (Wildman–Crippen LogP) is 2.57. The van der Waals surface area contributed by atoms with Gasteiger partial charge in [-0.2, -0.15) is 0 Å². The van der Waals surface area contributed by atoms with Gasteiger partial charge in [0.25, 0.3) is 0 Å². The molecule has 0 aromatic heterocycles. The highest BCUT2D eigenvalue weighted by atomic mass is 16.4. The molecule has 2 N–H and O–H groups in total. The summed E-state index contributed by atoms with van der Waals surface area (Å²) in [5.41, 5.74) is -0.889. The lowest BCUT2D eigenvalue weighted by Crippen LogP contribution is -2.38. The van der Waals surface area contributed by atoms with Crippen LogP contribution in [0.25, 0.3) is 0 Å². The van der Waals surface area contributed by atoms with Gasteiger partial charge in [0.15, 0.2) is 0 Å². The number of amides is 1. The van der Waals surface area contributed by atoms with Gasteiger partial charge < -0.3 is 10.4 Å². The van der Waals surface area contributed by atoms with E-state index in [0.717, 1.165) is 0 Å². The number of nitrogens with one attached hydrogen (secondary N) is 1. The fourth-order valence-electron chi connectivity index (χ4n) is 2.72. The van der Waals surface area contributed by atoms with E-state index < -0.39 is 11.4 Å². The average molecular weight is 255 g/mol. The Balaban J connectivity index is 2.43. The topological polar surface area (TPSA) is 66.4 Å². The van der Waals surface area contributed by atoms with Crippen molar-refractivity contribution in [1.82, 2.24) is 5.32 Å². The normalized spacial score (nSPS) is 16.8. The third-order valence-corrected chi connectivity index (χ3v) is 4.37. The van der Waals surface area contributed by atoms with Gasteiger partial charge >= 0.3 is 5.97 Å². The van der Waals surface area contributed by atoms with Crippen LogP contribution in [0.15, 0.2) is 0 Å². The number of carbonyl (C=O) groups is 2. The van der Waals surface area contributed by atoms with E-state index in [2.05, 4.69) is 5.32 Å². The quantitative estimate of drug-likeness (QED) is 0.734. The molecule has 0 heterocycles. The molecule has 0 atom stereocenters. The molecule has 0 bridgehead atoms. The Bertz CT molecular complexity index is 291. The van der Waals surface area contributed by atoms with E-state index in [1.165, 1.54) is 25.7 Å². The predicted molar refractivity (Wildman–Crippen MR) is 70.2 cm³/mol. The van der Waals surface area contributed by atoms with E-state index in [-0.39, 0.29) is 12.3 Å². The molecule has 1 aliphatic rings. The summed E-state index contributed by atoms with van der Waals surface area (Å²) in [6.07, 6.45) is 5.97. The Morgan fingerprint density at radius 1 is 1.22 bits per heavy atom. The summed E-state index contributed by atoms with van der Waals surface area (Å²) in [5.74, 6) is -0.382. The Hall–Kier alpha value is -1.06. The lowest BCUT2D eigenvalue weighted by atomic mass is 9.79. The van der Waals surface area contributed by atoms with Gasteiger partial charge in [0, 0.05) is 13.0 Å². The second-order valence-electron chi connectivity index (χ2n) is 5.42. The van der Waals surface area contributed by atoms with Gasteiger partial charge in [-0.3, -0.25) is 9.59 Å². The zero-order chi connectivity index (χ0) is 13.6. The van der Waals surface area contributed by atoms with E-state index >= 15 is 0 Å². The minimum Gasteiger partial charge on any atom is -0.481 e. The molecular weight excluding hydrogens is 230 g/mol. The van der Waals surface area contributed by atoms with E-state index in [1.54, 1.807) is 0 Å². The van der Waals surface area contributed by atoms with Crippen LogP contribution in [0.5, 0.6) is 0 Å². The molecule has 104 valence electrons. The molecule has 0 aromatic rings. The largest absolute Gasteiger partial charge is 0.481 e. The smallest absolute Gasteiger partial charge is 0.310 e. The molecule has 1 saturated carbocycles. The molecule has 1 aliphatic carbocycles. The minimum atomic E-state index is -0.889. The highest BCUT2D eigenvalue weighted by Gasteiger charge is 2.37. The number of rotatable bonds is 7. The van der Waals surface area contributed by atoms with Crippen molar-refractivity contribution in [2.24, 2.45) is 11.3 Å². The van der Waals surface area contributed by atoms with E-state index in [1.807, 2.05) is 13.8 Å². The second kappa shape index (κ2) is 6.76. The van der Waals surface area contributed by atoms with Crippen LogP contribution in [0.4, 0.5) is 0 Å². The van der Waals surface area contributed by atoms with Gasteiger partial charge in [-0.15, -0.1) is 0 Å². The summed E-state index contributed by atoms with van der Waals surface area (Å²) < 4.78 is 0. The van der Waals surface area contributed by atoms with Crippen molar-refractivity contribution in [2.45, 2.75) is 58.8 Å². The van der Waals surface area contributed by atoms with Gasteiger partial charge in [0.2, 0.25) is 5.91 Å². The van der Waals surface area contributed by atoms with Gasteiger partial charge in [0.1, 0.15) is 0 Å². The van der Waals surface area contributed by atoms with Gasteiger partial charge in [-0.05, 0) is 31.6 Å². The monoisotopic (exact) mass is 255 g/mol. The van der Waals surface area contributed by atoms with E-state index in [0.29, 0.717) is 25.3 Å². The third kappa shape index (κ3) is 3.72. The van der Waals surface area contributed by atoms with Crippen molar-refractivity contribution in [3.05, 3.63) is 0 Å². The average Bonchev–Trinajstić information content (AvgIpc) is 2.86. The molecule has 4 heteroatoms. The molecular formula is C14H25NO3. The fraction of sp³-hybridized carbons (Fsp3) is 0.857. The molecule has 1 rings (SSSR count). The molecule has 0 aromatic carbocycles. The van der Waals surface area contributed by atoms with Crippen LogP contribution in [-0.2, 0) is 9.59 Å². The fourth-order valence-corrected chi connectivity index (χ4v) is 2.72. The number of carbonyl (C=O) groups excluding carboxylic acids is 1. The first kappa shape index (κ1) is 15.0. The molecule has 18 heavy (non-hydrogen) atoms. The highest BCUT2D eigenvalue weighted by molar-refractivity contribution is 5.84. The molecule has 0 aliphatic heterocycles. The zero-order valence-corrected chi connectivity index (χ0v) is 11.5. The Labute approximate surface area is 109 Å². The lowest BCUT2D eigenvalue weighted by Gasteiger charge is -2.26. The Morgan fingerprint density at radius 2 is 1.78 bits per heavy atom. The zero-order valence-electron chi connectivity index (χ0n) is 11.5. The molecule has 1 amide bonds. The van der Waals surface area contributed by atoms with Crippen molar-refractivity contribution in [2.75, 3.05) is 6.54 Å². The van der Waals surface area contributed by atoms with Crippen molar-refractivity contribution in [3.63, 3.8) is 0 Å². The van der Waals surface area contributed by atoms with Crippen molar-refractivity contribution < 1.29 is 14.7 Å². The van der Waals surface area contributed by atoms with Crippen molar-refractivity contribution >= 4 is 11.9 Å². The molecule has 0 spiro atoms. The molecule has 4 nitrogen and oxygen atoms in total. The maximum absolute atomic E-state index is 11.9. The maximum atomic E-state index is 11.9. The van der Waals surface area contributed by atoms with Crippen LogP contribution >= 0.6 is 0 Å². The SMILES string of the molecule is CCC(CC)(CC(=O)NCC1CCCC1)C(=O)O. The van der Waals surface area contributed by atoms with Gasteiger partial charge in [-0.1, -0.05) is 26.7 Å². The highest BCUT2D eigenvalue weighted by Crippen LogP contribution is 2.31. The molecule has 0 unspecified atom stereocenters. The van der Waals surface area contributed by atoms with E-state index in [9.17, 15) is 14.7 Å². The maximum Gasteiger partial charge on any atom is 0.310 e. The number of hydrogen-bond acceptors (Lipinski definition) is 2. The first-order valence-corrected chi connectivity index (χ1v) is 7.04. The molecule has 1 fully saturated rings. The number of hydrogen-bond donors (Lipinski definition) is 2. The van der Waals surface area contributed by atoms with Crippen LogP contribution in [-0.4, -0.2) is 23.5 Å². The first-order valence-electron chi connectivity index (χ1n) is 7.04. The Kier molecular flexibility index (Phi) is 5.63. The number of aliphatic carboxylic acids is 1. The minimum absolute atomic E-state index is 0.0993. The first-order chi connectivity index (χ1) is 8.54. The lowest BCUT2D eigenvalue weighted by molar-refractivity contribution is -0.152. The van der Waals surface area contributed by atoms with Crippen LogP contribution in [0, 0.1) is 11.3 Å². The van der Waals surface area contributed by atoms with Crippen molar-refractivity contribution in [3.8, 4) is 0 Å². The summed E-state index contributed by atoms with van der Waals surface area (Å²) in [6, 6.07) is 0. The van der Waals surface area contributed by atoms with Crippen molar-refractivity contribution in [1.29, 1.82) is 0 Å². The van der Waals surface area contributed by atoms with Crippen LogP contribution in [0.3, 0.4) is 0 Å². The van der Waals surface area contributed by atoms with Gasteiger partial charge in [0.05, 0.1) is 5.41 Å². The number of carboxylic acid groups (broad SMARTS) is 1. The second-order valence-corrected chi connectivity index (χ2v) is 5.42. The van der Waals surface area contributed by atoms with Gasteiger partial charge in [-0.25, -0.2) is 0 Å². The summed E-state index contributed by atoms with van der Waals surface area (Å²) in [7, 11) is 0. The standard InChI is InChI=1S/C14H25NO3/c1-3-14(4-2,13(17)18)9-12(16)15-10-11-7-5-6-8-11/h11H,3-10H2,1-2H3,(H,15,16)(H,17,18). The van der Waals surface area contributed by atoms with E-state index in [4.69, 9.17) is 0 Å². The van der Waals surface area contributed by atoms with Crippen LogP contribution in [0.2, 0.25) is 0 Å². The molecule has 0 radical (unpaired) electrons. The summed E-state index contributed by atoms with van der Waals surface area (Å²) >= 11 is 0. The molecule has 0 saturated heterocycles.